The Bertz CT molecular complexity index is 1260. The summed E-state index contributed by atoms with van der Waals surface area (Å²) in [6, 6.07) is 6.84. The van der Waals surface area contributed by atoms with Crippen molar-refractivity contribution in [2.45, 2.75) is 131 Å². The van der Waals surface area contributed by atoms with Crippen LogP contribution in [-0.2, 0) is 9.53 Å². The highest BCUT2D eigenvalue weighted by Crippen LogP contribution is 2.76. The molecule has 4 nitrogen and oxygen atoms in total. The van der Waals surface area contributed by atoms with Crippen molar-refractivity contribution in [3.63, 3.8) is 0 Å². The van der Waals surface area contributed by atoms with Crippen molar-refractivity contribution in [3.05, 3.63) is 48.1 Å². The van der Waals surface area contributed by atoms with Crippen LogP contribution in [0.15, 0.2) is 42.5 Å². The number of aliphatic hydroxyl groups is 1. The number of fused-ring (bicyclic) bond motifs is 5. The quantitative estimate of drug-likeness (QED) is 0.176. The summed E-state index contributed by atoms with van der Waals surface area (Å²) in [6.45, 7) is 23.3. The summed E-state index contributed by atoms with van der Waals surface area (Å²) in [4.78, 5) is 13.0. The Morgan fingerprint density at radius 1 is 0.977 bits per heavy atom. The van der Waals surface area contributed by atoms with E-state index < -0.39 is 5.60 Å². The van der Waals surface area contributed by atoms with Crippen LogP contribution >= 0.6 is 0 Å². The molecule has 0 radical (unpaired) electrons. The third-order valence-corrected chi connectivity index (χ3v) is 14.5. The Morgan fingerprint density at radius 3 is 2.30 bits per heavy atom. The molecule has 2 N–H and O–H groups in total. The Morgan fingerprint density at radius 2 is 1.64 bits per heavy atom. The number of benzene rings is 1. The van der Waals surface area contributed by atoms with E-state index >= 15 is 0 Å². The van der Waals surface area contributed by atoms with Gasteiger partial charge in [0.25, 0.3) is 0 Å². The molecule has 4 aliphatic rings. The maximum atomic E-state index is 13.0. The van der Waals surface area contributed by atoms with Gasteiger partial charge in [-0.3, -0.25) is 0 Å². The molecule has 0 heterocycles. The van der Waals surface area contributed by atoms with Crippen LogP contribution in [0.5, 0.6) is 5.75 Å². The van der Waals surface area contributed by atoms with E-state index in [2.05, 4.69) is 62.0 Å². The fraction of sp³-hybridized carbons (Fsp3) is 0.725. The first kappa shape index (κ1) is 33.3. The number of hydrogen-bond donors (Lipinski definition) is 2. The lowest BCUT2D eigenvalue weighted by molar-refractivity contribution is -0.229. The molecule has 0 bridgehead atoms. The Kier molecular flexibility index (Phi) is 8.80. The first-order chi connectivity index (χ1) is 20.5. The second-order valence-electron chi connectivity index (χ2n) is 17.2. The molecule has 0 saturated heterocycles. The van der Waals surface area contributed by atoms with E-state index in [4.69, 9.17) is 4.74 Å². The number of phenolic OH excluding ortho intramolecular Hbond substituents is 1. The SMILES string of the molecule is C=C(CCC(C)(O)C1CCC2(C)C1CCC1C3(C)CCC(OC(=O)C=Cc4ccc(O)cc4)C(C)(C)C3CCC12C)C(C)C. The maximum absolute atomic E-state index is 13.0. The lowest BCUT2D eigenvalue weighted by Gasteiger charge is -2.70. The van der Waals surface area contributed by atoms with E-state index in [9.17, 15) is 15.0 Å². The van der Waals surface area contributed by atoms with Gasteiger partial charge in [0.05, 0.1) is 5.60 Å². The topological polar surface area (TPSA) is 66.8 Å². The van der Waals surface area contributed by atoms with Crippen molar-refractivity contribution >= 4 is 12.0 Å². The van der Waals surface area contributed by atoms with Crippen LogP contribution in [0.1, 0.15) is 125 Å². The van der Waals surface area contributed by atoms with Crippen LogP contribution in [0.25, 0.3) is 6.08 Å². The van der Waals surface area contributed by atoms with Gasteiger partial charge in [0.15, 0.2) is 0 Å². The van der Waals surface area contributed by atoms with Gasteiger partial charge in [0.1, 0.15) is 11.9 Å². The van der Waals surface area contributed by atoms with Crippen LogP contribution < -0.4 is 0 Å². The molecule has 1 aromatic carbocycles. The first-order valence-corrected chi connectivity index (χ1v) is 17.5. The summed E-state index contributed by atoms with van der Waals surface area (Å²) < 4.78 is 6.19. The Hall–Kier alpha value is -2.07. The second kappa shape index (κ2) is 11.6. The molecule has 4 fully saturated rings. The van der Waals surface area contributed by atoms with Crippen LogP contribution in [0.2, 0.25) is 0 Å². The molecular weight excluding hydrogens is 544 g/mol. The summed E-state index contributed by atoms with van der Waals surface area (Å²) in [5.74, 6) is 2.47. The fourth-order valence-electron chi connectivity index (χ4n) is 11.5. The molecule has 4 saturated carbocycles. The fourth-order valence-corrected chi connectivity index (χ4v) is 11.5. The third kappa shape index (κ3) is 5.50. The van der Waals surface area contributed by atoms with Crippen molar-refractivity contribution in [3.8, 4) is 5.75 Å². The van der Waals surface area contributed by atoms with E-state index in [-0.39, 0.29) is 39.5 Å². The third-order valence-electron chi connectivity index (χ3n) is 14.5. The number of ether oxygens (including phenoxy) is 1. The lowest BCUT2D eigenvalue weighted by Crippen LogP contribution is -2.64. The zero-order valence-electron chi connectivity index (χ0n) is 28.9. The standard InChI is InChI=1S/C40H60O4/c1-26(2)27(3)18-25-40(9,43)31-19-23-38(7)30(31)15-16-33-37(6)22-21-34(36(4,5)32(37)20-24-39(33,38)8)44-35(42)17-12-28-10-13-29(41)14-11-28/h10-14,17,26,30-34,41,43H,3,15-16,18-25H2,1-2,4-9H3. The predicted octanol–water partition coefficient (Wildman–Crippen LogP) is 9.75. The molecular formula is C40H60O4. The molecule has 9 unspecified atom stereocenters. The molecule has 0 spiro atoms. The zero-order valence-corrected chi connectivity index (χ0v) is 28.9. The summed E-state index contributed by atoms with van der Waals surface area (Å²) in [5.41, 5.74) is 2.07. The second-order valence-corrected chi connectivity index (χ2v) is 17.2. The van der Waals surface area contributed by atoms with Gasteiger partial charge in [-0.25, -0.2) is 4.79 Å². The van der Waals surface area contributed by atoms with Gasteiger partial charge in [-0.05, 0) is 141 Å². The van der Waals surface area contributed by atoms with Gasteiger partial charge in [0, 0.05) is 11.5 Å². The van der Waals surface area contributed by atoms with E-state index in [1.54, 1.807) is 30.3 Å². The predicted molar refractivity (Wildman–Crippen MR) is 180 cm³/mol. The minimum absolute atomic E-state index is 0.0969. The minimum Gasteiger partial charge on any atom is -0.508 e. The Labute approximate surface area is 267 Å². The smallest absolute Gasteiger partial charge is 0.331 e. The largest absolute Gasteiger partial charge is 0.508 e. The maximum Gasteiger partial charge on any atom is 0.331 e. The molecule has 4 aliphatic carbocycles. The van der Waals surface area contributed by atoms with Crippen LogP contribution in [-0.4, -0.2) is 27.9 Å². The van der Waals surface area contributed by atoms with Crippen LogP contribution in [0.4, 0.5) is 0 Å². The van der Waals surface area contributed by atoms with Gasteiger partial charge in [-0.2, -0.15) is 0 Å². The number of allylic oxidation sites excluding steroid dienone is 1. The number of rotatable bonds is 8. The highest BCUT2D eigenvalue weighted by atomic mass is 16.5. The van der Waals surface area contributed by atoms with Crippen LogP contribution in [0.3, 0.4) is 0 Å². The van der Waals surface area contributed by atoms with E-state index in [1.807, 2.05) is 0 Å². The number of carbonyl (C=O) groups is 1. The minimum atomic E-state index is -0.648. The lowest BCUT2D eigenvalue weighted by atomic mass is 9.35. The average molecular weight is 605 g/mol. The molecule has 0 amide bonds. The van der Waals surface area contributed by atoms with E-state index in [1.165, 1.54) is 43.8 Å². The molecule has 9 atom stereocenters. The molecule has 1 aromatic rings. The van der Waals surface area contributed by atoms with E-state index in [0.29, 0.717) is 29.6 Å². The van der Waals surface area contributed by atoms with Gasteiger partial charge < -0.3 is 14.9 Å². The van der Waals surface area contributed by atoms with Crippen molar-refractivity contribution < 1.29 is 19.7 Å². The van der Waals surface area contributed by atoms with Crippen molar-refractivity contribution in [1.82, 2.24) is 0 Å². The number of carbonyl (C=O) groups excluding carboxylic acids is 1. The van der Waals surface area contributed by atoms with E-state index in [0.717, 1.165) is 37.7 Å². The van der Waals surface area contributed by atoms with Crippen molar-refractivity contribution in [2.24, 2.45) is 51.2 Å². The first-order valence-electron chi connectivity index (χ1n) is 17.5. The normalized spacial score (nSPS) is 39.3. The monoisotopic (exact) mass is 604 g/mol. The number of aromatic hydroxyl groups is 1. The summed E-state index contributed by atoms with van der Waals surface area (Å²) in [6.07, 6.45) is 14.1. The van der Waals surface area contributed by atoms with Crippen LogP contribution in [0, 0.1) is 51.2 Å². The van der Waals surface area contributed by atoms with Gasteiger partial charge >= 0.3 is 5.97 Å². The number of hydrogen-bond acceptors (Lipinski definition) is 4. The average Bonchev–Trinajstić information content (AvgIpc) is 3.32. The molecule has 5 rings (SSSR count). The van der Waals surface area contributed by atoms with Gasteiger partial charge in [-0.15, -0.1) is 0 Å². The molecule has 244 valence electrons. The van der Waals surface area contributed by atoms with Gasteiger partial charge in [0.2, 0.25) is 0 Å². The molecule has 44 heavy (non-hydrogen) atoms. The molecule has 4 heteroatoms. The number of esters is 1. The summed E-state index contributed by atoms with van der Waals surface area (Å²) >= 11 is 0. The Balaban J connectivity index is 1.31. The van der Waals surface area contributed by atoms with Gasteiger partial charge in [-0.1, -0.05) is 72.8 Å². The molecule has 0 aromatic heterocycles. The van der Waals surface area contributed by atoms with Crippen molar-refractivity contribution in [1.29, 1.82) is 0 Å². The summed E-state index contributed by atoms with van der Waals surface area (Å²) in [5, 5.41) is 21.4. The molecule has 0 aliphatic heterocycles. The number of phenols is 1. The van der Waals surface area contributed by atoms with Crippen molar-refractivity contribution in [2.75, 3.05) is 0 Å². The zero-order chi connectivity index (χ0) is 32.3. The highest BCUT2D eigenvalue weighted by Gasteiger charge is 2.69. The highest BCUT2D eigenvalue weighted by molar-refractivity contribution is 5.87. The summed E-state index contributed by atoms with van der Waals surface area (Å²) in [7, 11) is 0.